The maximum absolute atomic E-state index is 13.2. The highest BCUT2D eigenvalue weighted by Gasteiger charge is 2.71. The van der Waals surface area contributed by atoms with E-state index in [1.54, 1.807) is 20.8 Å². The highest BCUT2D eigenvalue weighted by atomic mass is 17.2. The first-order valence-electron chi connectivity index (χ1n) is 9.36. The van der Waals surface area contributed by atoms with E-state index in [0.717, 1.165) is 5.56 Å². The molecule has 2 heterocycles. The molecule has 0 aliphatic carbocycles. The summed E-state index contributed by atoms with van der Waals surface area (Å²) in [6.07, 6.45) is 0.931. The maximum Gasteiger partial charge on any atom is 0.316 e. The minimum absolute atomic E-state index is 0.227. The number of carbonyl (C=O) groups excluding carboxylic acids is 2. The Kier molecular flexibility index (Phi) is 5.44. The van der Waals surface area contributed by atoms with Crippen molar-refractivity contribution in [3.63, 3.8) is 0 Å². The highest BCUT2D eigenvalue weighted by molar-refractivity contribution is 5.80. The summed E-state index contributed by atoms with van der Waals surface area (Å²) in [4.78, 5) is 36.7. The van der Waals surface area contributed by atoms with Crippen LogP contribution in [0.5, 0.6) is 0 Å². The Morgan fingerprint density at radius 3 is 2.61 bits per heavy atom. The van der Waals surface area contributed by atoms with Gasteiger partial charge in [-0.3, -0.25) is 15.0 Å². The molecule has 1 aromatic carbocycles. The van der Waals surface area contributed by atoms with Crippen molar-refractivity contribution in [3.8, 4) is 6.07 Å². The fourth-order valence-electron chi connectivity index (χ4n) is 4.11. The fraction of sp³-hybridized carbons (Fsp3) is 0.550. The van der Waals surface area contributed by atoms with Crippen LogP contribution in [0.15, 0.2) is 30.3 Å². The van der Waals surface area contributed by atoms with Crippen LogP contribution in [-0.2, 0) is 30.5 Å². The molecule has 0 aromatic heterocycles. The quantitative estimate of drug-likeness (QED) is 0.590. The van der Waals surface area contributed by atoms with Crippen LogP contribution in [0.3, 0.4) is 0 Å². The summed E-state index contributed by atoms with van der Waals surface area (Å²) in [5.41, 5.74) is 0.283. The standard InChI is InChI=1S/C20H25N3O5/c1-4-26-17(25)20(14-15-8-6-5-7-9-15)12-11-18(2)23(19(20,3)28-27-18)22-16(24)10-13-21/h5-9H,4,10-12,14H2,1-3H3,(H,22,24). The molecule has 3 atom stereocenters. The molecule has 3 rings (SSSR count). The number of amides is 1. The second-order valence-electron chi connectivity index (χ2n) is 7.49. The SMILES string of the molecule is CCOC(=O)C1(Cc2ccccc2)CCC2(C)OOC1(C)N2NC(=O)CC#N. The number of carbonyl (C=O) groups is 2. The van der Waals surface area contributed by atoms with Gasteiger partial charge in [-0.05, 0) is 45.6 Å². The molecule has 2 fully saturated rings. The molecule has 8 nitrogen and oxygen atoms in total. The number of hydrogen-bond donors (Lipinski definition) is 1. The molecule has 8 heteroatoms. The number of nitrogens with zero attached hydrogens (tertiary/aromatic N) is 2. The number of fused-ring (bicyclic) bond motifs is 2. The summed E-state index contributed by atoms with van der Waals surface area (Å²) in [6.45, 7) is 5.47. The van der Waals surface area contributed by atoms with E-state index in [2.05, 4.69) is 5.43 Å². The van der Waals surface area contributed by atoms with Crippen LogP contribution in [0.2, 0.25) is 0 Å². The number of esters is 1. The van der Waals surface area contributed by atoms with Crippen LogP contribution < -0.4 is 5.43 Å². The number of piperidine rings is 1. The van der Waals surface area contributed by atoms with Gasteiger partial charge in [0.05, 0.1) is 12.7 Å². The van der Waals surface area contributed by atoms with Crippen molar-refractivity contribution in [1.29, 1.82) is 5.26 Å². The lowest BCUT2D eigenvalue weighted by atomic mass is 9.66. The third kappa shape index (κ3) is 3.15. The minimum Gasteiger partial charge on any atom is -0.465 e. The Labute approximate surface area is 164 Å². The summed E-state index contributed by atoms with van der Waals surface area (Å²) in [5.74, 6) is -0.901. The summed E-state index contributed by atoms with van der Waals surface area (Å²) in [5, 5.41) is 10.4. The second-order valence-corrected chi connectivity index (χ2v) is 7.49. The van der Waals surface area contributed by atoms with Gasteiger partial charge in [-0.1, -0.05) is 30.3 Å². The minimum atomic E-state index is -1.31. The molecule has 0 spiro atoms. The van der Waals surface area contributed by atoms with E-state index in [4.69, 9.17) is 19.8 Å². The summed E-state index contributed by atoms with van der Waals surface area (Å²) in [7, 11) is 0. The molecular formula is C20H25N3O5. The predicted octanol–water partition coefficient (Wildman–Crippen LogP) is 2.21. The highest BCUT2D eigenvalue weighted by Crippen LogP contribution is 2.57. The second kappa shape index (κ2) is 7.51. The molecule has 150 valence electrons. The first kappa shape index (κ1) is 20.3. The Morgan fingerprint density at radius 1 is 1.25 bits per heavy atom. The van der Waals surface area contributed by atoms with Gasteiger partial charge in [0.1, 0.15) is 11.8 Å². The van der Waals surface area contributed by atoms with E-state index >= 15 is 0 Å². The van der Waals surface area contributed by atoms with E-state index in [0.29, 0.717) is 19.3 Å². The molecule has 2 saturated heterocycles. The molecule has 28 heavy (non-hydrogen) atoms. The van der Waals surface area contributed by atoms with Crippen LogP contribution in [0.4, 0.5) is 0 Å². The van der Waals surface area contributed by atoms with Gasteiger partial charge in [0, 0.05) is 0 Å². The average Bonchev–Trinajstić information content (AvgIpc) is 2.85. The lowest BCUT2D eigenvalue weighted by molar-refractivity contribution is -0.350. The molecule has 3 unspecified atom stereocenters. The van der Waals surface area contributed by atoms with E-state index in [9.17, 15) is 9.59 Å². The summed E-state index contributed by atoms with van der Waals surface area (Å²) >= 11 is 0. The number of rotatable bonds is 6. The lowest BCUT2D eigenvalue weighted by Crippen LogP contribution is -2.72. The van der Waals surface area contributed by atoms with Crippen LogP contribution in [-0.4, -0.2) is 34.9 Å². The molecule has 2 aliphatic heterocycles. The number of benzene rings is 1. The van der Waals surface area contributed by atoms with Crippen molar-refractivity contribution in [3.05, 3.63) is 35.9 Å². The monoisotopic (exact) mass is 387 g/mol. The van der Waals surface area contributed by atoms with Gasteiger partial charge < -0.3 is 4.74 Å². The van der Waals surface area contributed by atoms with Crippen molar-refractivity contribution in [2.75, 3.05) is 6.61 Å². The number of hydrazine groups is 1. The number of nitriles is 1. The number of nitrogens with one attached hydrogen (secondary N) is 1. The zero-order chi connectivity index (χ0) is 20.4. The van der Waals surface area contributed by atoms with E-state index in [1.165, 1.54) is 5.01 Å². The number of hydrogen-bond acceptors (Lipinski definition) is 7. The van der Waals surface area contributed by atoms with Crippen molar-refractivity contribution in [2.45, 2.75) is 57.9 Å². The Bertz CT molecular complexity index is 795. The molecule has 2 aliphatic rings. The topological polar surface area (TPSA) is 101 Å². The van der Waals surface area contributed by atoms with Gasteiger partial charge in [0.25, 0.3) is 0 Å². The van der Waals surface area contributed by atoms with Gasteiger partial charge in [-0.2, -0.15) is 10.3 Å². The average molecular weight is 387 g/mol. The summed E-state index contributed by atoms with van der Waals surface area (Å²) < 4.78 is 5.44. The van der Waals surface area contributed by atoms with E-state index in [1.807, 2.05) is 36.4 Å². The van der Waals surface area contributed by atoms with Crippen LogP contribution in [0, 0.1) is 16.7 Å². The first-order chi connectivity index (χ1) is 13.3. The molecule has 1 aromatic rings. The molecular weight excluding hydrogens is 362 g/mol. The lowest BCUT2D eigenvalue weighted by Gasteiger charge is -2.52. The van der Waals surface area contributed by atoms with Crippen molar-refractivity contribution >= 4 is 11.9 Å². The van der Waals surface area contributed by atoms with Crippen LogP contribution >= 0.6 is 0 Å². The largest absolute Gasteiger partial charge is 0.465 e. The zero-order valence-corrected chi connectivity index (χ0v) is 16.4. The Balaban J connectivity index is 2.05. The Hall–Kier alpha value is -2.47. The normalized spacial score (nSPS) is 31.8. The van der Waals surface area contributed by atoms with Gasteiger partial charge in [-0.25, -0.2) is 9.78 Å². The maximum atomic E-state index is 13.2. The van der Waals surface area contributed by atoms with Crippen molar-refractivity contribution < 1.29 is 24.1 Å². The zero-order valence-electron chi connectivity index (χ0n) is 16.4. The molecule has 2 bridgehead atoms. The molecule has 0 saturated carbocycles. The molecule has 0 radical (unpaired) electrons. The number of ether oxygens (including phenoxy) is 1. The van der Waals surface area contributed by atoms with Gasteiger partial charge in [-0.15, -0.1) is 0 Å². The first-order valence-corrected chi connectivity index (χ1v) is 9.36. The predicted molar refractivity (Wildman–Crippen MR) is 97.6 cm³/mol. The van der Waals surface area contributed by atoms with E-state index < -0.39 is 28.7 Å². The summed E-state index contributed by atoms with van der Waals surface area (Å²) in [6, 6.07) is 11.4. The smallest absolute Gasteiger partial charge is 0.316 e. The van der Waals surface area contributed by atoms with Crippen LogP contribution in [0.25, 0.3) is 0 Å². The van der Waals surface area contributed by atoms with Gasteiger partial charge in [0.2, 0.25) is 5.91 Å². The van der Waals surface area contributed by atoms with E-state index in [-0.39, 0.29) is 13.0 Å². The third-order valence-electron chi connectivity index (χ3n) is 5.68. The van der Waals surface area contributed by atoms with Crippen molar-refractivity contribution in [2.24, 2.45) is 5.41 Å². The van der Waals surface area contributed by atoms with Crippen LogP contribution in [0.1, 0.15) is 45.6 Å². The molecule has 1 N–H and O–H groups in total. The van der Waals surface area contributed by atoms with Gasteiger partial charge in [0.15, 0.2) is 11.4 Å². The Morgan fingerprint density at radius 2 is 1.96 bits per heavy atom. The fourth-order valence-corrected chi connectivity index (χ4v) is 4.11. The van der Waals surface area contributed by atoms with Gasteiger partial charge >= 0.3 is 5.97 Å². The third-order valence-corrected chi connectivity index (χ3v) is 5.68. The van der Waals surface area contributed by atoms with Crippen molar-refractivity contribution in [1.82, 2.24) is 10.4 Å². The molecule has 1 amide bonds.